The lowest BCUT2D eigenvalue weighted by molar-refractivity contribution is 0.102. The molecule has 1 N–H and O–H groups in total. The quantitative estimate of drug-likeness (QED) is 0.438. The summed E-state index contributed by atoms with van der Waals surface area (Å²) in [6, 6.07) is 22.0. The molecule has 1 aromatic heterocycles. The van der Waals surface area contributed by atoms with Crippen molar-refractivity contribution in [2.45, 2.75) is 0 Å². The van der Waals surface area contributed by atoms with E-state index in [1.807, 2.05) is 30.3 Å². The number of rotatable bonds is 6. The molecule has 0 atom stereocenters. The third kappa shape index (κ3) is 4.25. The van der Waals surface area contributed by atoms with Gasteiger partial charge in [0, 0.05) is 11.8 Å². The predicted octanol–water partition coefficient (Wildman–Crippen LogP) is 5.46. The number of carbonyl (C=O) groups excluding carboxylic acids is 1. The van der Waals surface area contributed by atoms with Crippen LogP contribution in [0.25, 0.3) is 16.9 Å². The molecule has 0 aliphatic carbocycles. The second-order valence-electron chi connectivity index (χ2n) is 6.67. The lowest BCUT2D eigenvalue weighted by Crippen LogP contribution is -2.12. The molecule has 0 saturated carbocycles. The molecule has 0 spiro atoms. The SMILES string of the molecule is COc1ccc(OC)c(-c2nn(-c3ccccc3)cc2C(=O)Nc2ccccc2Cl)c1. The Balaban J connectivity index is 1.85. The third-order valence-electron chi connectivity index (χ3n) is 4.76. The molecular formula is C24H20ClN3O3. The fourth-order valence-electron chi connectivity index (χ4n) is 3.20. The standard InChI is InChI=1S/C24H20ClN3O3/c1-30-17-12-13-22(31-2)18(14-17)23-19(15-28(27-23)16-8-4-3-5-9-16)24(29)26-21-11-7-6-10-20(21)25/h3-15H,1-2H3,(H,26,29). The molecular weight excluding hydrogens is 414 g/mol. The molecule has 0 bridgehead atoms. The summed E-state index contributed by atoms with van der Waals surface area (Å²) in [7, 11) is 3.15. The lowest BCUT2D eigenvalue weighted by atomic mass is 10.1. The molecule has 6 nitrogen and oxygen atoms in total. The summed E-state index contributed by atoms with van der Waals surface area (Å²) < 4.78 is 12.6. The molecule has 0 fully saturated rings. The highest BCUT2D eigenvalue weighted by molar-refractivity contribution is 6.34. The van der Waals surface area contributed by atoms with Gasteiger partial charge in [-0.2, -0.15) is 5.10 Å². The van der Waals surface area contributed by atoms with Crippen molar-refractivity contribution in [2.24, 2.45) is 0 Å². The van der Waals surface area contributed by atoms with Crippen LogP contribution in [0.5, 0.6) is 11.5 Å². The molecule has 0 aliphatic rings. The number of benzene rings is 3. The van der Waals surface area contributed by atoms with Crippen molar-refractivity contribution in [1.82, 2.24) is 9.78 Å². The number of carbonyl (C=O) groups is 1. The van der Waals surface area contributed by atoms with Crippen LogP contribution in [0, 0.1) is 0 Å². The maximum Gasteiger partial charge on any atom is 0.259 e. The van der Waals surface area contributed by atoms with Gasteiger partial charge in [0.2, 0.25) is 0 Å². The van der Waals surface area contributed by atoms with E-state index in [4.69, 9.17) is 26.2 Å². The summed E-state index contributed by atoms with van der Waals surface area (Å²) in [6.45, 7) is 0. The van der Waals surface area contributed by atoms with Crippen LogP contribution in [0.4, 0.5) is 5.69 Å². The van der Waals surface area contributed by atoms with Gasteiger partial charge in [0.25, 0.3) is 5.91 Å². The zero-order valence-corrected chi connectivity index (χ0v) is 17.8. The van der Waals surface area contributed by atoms with E-state index in [0.29, 0.717) is 39.0 Å². The molecule has 0 aliphatic heterocycles. The first-order chi connectivity index (χ1) is 15.1. The first-order valence-corrected chi connectivity index (χ1v) is 9.92. The number of para-hydroxylation sites is 2. The molecule has 0 unspecified atom stereocenters. The van der Waals surface area contributed by atoms with Crippen LogP contribution >= 0.6 is 11.6 Å². The van der Waals surface area contributed by atoms with Gasteiger partial charge in [0.1, 0.15) is 17.2 Å². The van der Waals surface area contributed by atoms with E-state index in [-0.39, 0.29) is 5.91 Å². The molecule has 1 amide bonds. The number of halogens is 1. The van der Waals surface area contributed by atoms with Crippen LogP contribution in [-0.2, 0) is 0 Å². The fraction of sp³-hybridized carbons (Fsp3) is 0.0833. The third-order valence-corrected chi connectivity index (χ3v) is 5.09. The Morgan fingerprint density at radius 1 is 0.968 bits per heavy atom. The van der Waals surface area contributed by atoms with E-state index in [2.05, 4.69) is 5.32 Å². The number of nitrogens with zero attached hydrogens (tertiary/aromatic N) is 2. The second-order valence-corrected chi connectivity index (χ2v) is 7.08. The Hall–Kier alpha value is -3.77. The van der Waals surface area contributed by atoms with Gasteiger partial charge in [0.05, 0.1) is 36.2 Å². The first kappa shape index (κ1) is 20.5. The van der Waals surface area contributed by atoms with E-state index < -0.39 is 0 Å². The maximum atomic E-state index is 13.3. The number of hydrogen-bond acceptors (Lipinski definition) is 4. The van der Waals surface area contributed by atoms with E-state index in [1.165, 1.54) is 0 Å². The van der Waals surface area contributed by atoms with Crippen molar-refractivity contribution >= 4 is 23.2 Å². The van der Waals surface area contributed by atoms with Crippen molar-refractivity contribution in [3.63, 3.8) is 0 Å². The average Bonchev–Trinajstić information content (AvgIpc) is 3.26. The van der Waals surface area contributed by atoms with Gasteiger partial charge in [0.15, 0.2) is 0 Å². The summed E-state index contributed by atoms with van der Waals surface area (Å²) in [5, 5.41) is 8.03. The molecule has 1 heterocycles. The Bertz CT molecular complexity index is 1220. The van der Waals surface area contributed by atoms with Crippen molar-refractivity contribution < 1.29 is 14.3 Å². The second kappa shape index (κ2) is 8.93. The van der Waals surface area contributed by atoms with E-state index in [9.17, 15) is 4.79 Å². The minimum Gasteiger partial charge on any atom is -0.497 e. The highest BCUT2D eigenvalue weighted by atomic mass is 35.5. The largest absolute Gasteiger partial charge is 0.497 e. The maximum absolute atomic E-state index is 13.3. The zero-order valence-electron chi connectivity index (χ0n) is 17.0. The minimum atomic E-state index is -0.338. The molecule has 0 saturated heterocycles. The van der Waals surface area contributed by atoms with E-state index >= 15 is 0 Å². The van der Waals surface area contributed by atoms with Crippen molar-refractivity contribution in [3.8, 4) is 28.4 Å². The number of methoxy groups -OCH3 is 2. The molecule has 31 heavy (non-hydrogen) atoms. The molecule has 7 heteroatoms. The van der Waals surface area contributed by atoms with Crippen LogP contribution in [-0.4, -0.2) is 29.9 Å². The summed E-state index contributed by atoms with van der Waals surface area (Å²) in [5.41, 5.74) is 2.81. The summed E-state index contributed by atoms with van der Waals surface area (Å²) >= 11 is 6.23. The molecule has 3 aromatic carbocycles. The van der Waals surface area contributed by atoms with Crippen molar-refractivity contribution in [3.05, 3.63) is 89.6 Å². The van der Waals surface area contributed by atoms with Crippen LogP contribution < -0.4 is 14.8 Å². The topological polar surface area (TPSA) is 65.4 Å². The number of hydrogen-bond donors (Lipinski definition) is 1. The zero-order chi connectivity index (χ0) is 21.8. The van der Waals surface area contributed by atoms with Gasteiger partial charge < -0.3 is 14.8 Å². The Morgan fingerprint density at radius 3 is 2.42 bits per heavy atom. The minimum absolute atomic E-state index is 0.338. The first-order valence-electron chi connectivity index (χ1n) is 9.54. The fourth-order valence-corrected chi connectivity index (χ4v) is 3.39. The summed E-state index contributed by atoms with van der Waals surface area (Å²) in [5.74, 6) is 0.864. The van der Waals surface area contributed by atoms with Gasteiger partial charge in [-0.15, -0.1) is 0 Å². The molecule has 4 aromatic rings. The van der Waals surface area contributed by atoms with E-state index in [0.717, 1.165) is 5.69 Å². The van der Waals surface area contributed by atoms with Crippen LogP contribution in [0.1, 0.15) is 10.4 Å². The normalized spacial score (nSPS) is 10.5. The highest BCUT2D eigenvalue weighted by Gasteiger charge is 2.22. The molecule has 156 valence electrons. The Morgan fingerprint density at radius 2 is 1.71 bits per heavy atom. The van der Waals surface area contributed by atoms with Gasteiger partial charge in [-0.25, -0.2) is 4.68 Å². The number of ether oxygens (including phenoxy) is 2. The smallest absolute Gasteiger partial charge is 0.259 e. The summed E-state index contributed by atoms with van der Waals surface area (Å²) in [6.07, 6.45) is 1.69. The monoisotopic (exact) mass is 433 g/mol. The Labute approximate surface area is 185 Å². The molecule has 0 radical (unpaired) electrons. The van der Waals surface area contributed by atoms with Crippen LogP contribution in [0.2, 0.25) is 5.02 Å². The molecule has 4 rings (SSSR count). The van der Waals surface area contributed by atoms with Crippen molar-refractivity contribution in [2.75, 3.05) is 19.5 Å². The van der Waals surface area contributed by atoms with Crippen LogP contribution in [0.15, 0.2) is 79.0 Å². The van der Waals surface area contributed by atoms with Crippen molar-refractivity contribution in [1.29, 1.82) is 0 Å². The van der Waals surface area contributed by atoms with Gasteiger partial charge >= 0.3 is 0 Å². The number of nitrogens with one attached hydrogen (secondary N) is 1. The highest BCUT2D eigenvalue weighted by Crippen LogP contribution is 2.35. The number of amides is 1. The van der Waals surface area contributed by atoms with Gasteiger partial charge in [-0.3, -0.25) is 4.79 Å². The summed E-state index contributed by atoms with van der Waals surface area (Å²) in [4.78, 5) is 13.3. The van der Waals surface area contributed by atoms with Crippen LogP contribution in [0.3, 0.4) is 0 Å². The number of anilines is 1. The average molecular weight is 434 g/mol. The lowest BCUT2D eigenvalue weighted by Gasteiger charge is -2.11. The predicted molar refractivity (Wildman–Crippen MR) is 122 cm³/mol. The Kier molecular flexibility index (Phi) is 5.91. The van der Waals surface area contributed by atoms with Gasteiger partial charge in [-0.1, -0.05) is 41.9 Å². The van der Waals surface area contributed by atoms with Gasteiger partial charge in [-0.05, 0) is 42.5 Å². The number of aromatic nitrogens is 2. The van der Waals surface area contributed by atoms with E-state index in [1.54, 1.807) is 67.6 Å².